The van der Waals surface area contributed by atoms with Gasteiger partial charge in [0, 0.05) is 6.04 Å². The summed E-state index contributed by atoms with van der Waals surface area (Å²) in [6.45, 7) is 4.22. The number of hydrogen-bond donors (Lipinski definition) is 1. The molecule has 0 saturated carbocycles. The minimum atomic E-state index is -0.216. The van der Waals surface area contributed by atoms with Crippen molar-refractivity contribution in [3.63, 3.8) is 0 Å². The SMILES string of the molecule is CCC(N)C(C)Cc1ccc(F)c(Br)c1. The second kappa shape index (κ2) is 5.61. The lowest BCUT2D eigenvalue weighted by Gasteiger charge is -2.18. The zero-order chi connectivity index (χ0) is 11.4. The fraction of sp³-hybridized carbons (Fsp3) is 0.500. The number of rotatable bonds is 4. The van der Waals surface area contributed by atoms with E-state index in [4.69, 9.17) is 5.73 Å². The van der Waals surface area contributed by atoms with Gasteiger partial charge in [0.2, 0.25) is 0 Å². The maximum Gasteiger partial charge on any atom is 0.137 e. The van der Waals surface area contributed by atoms with E-state index in [0.717, 1.165) is 18.4 Å². The highest BCUT2D eigenvalue weighted by Crippen LogP contribution is 2.20. The number of benzene rings is 1. The highest BCUT2D eigenvalue weighted by atomic mass is 79.9. The molecule has 0 radical (unpaired) electrons. The Morgan fingerprint density at radius 1 is 1.47 bits per heavy atom. The Hall–Kier alpha value is -0.410. The third-order valence-corrected chi connectivity index (χ3v) is 3.35. The molecular formula is C12H17BrFN. The van der Waals surface area contributed by atoms with Gasteiger partial charge in [-0.25, -0.2) is 4.39 Å². The van der Waals surface area contributed by atoms with Gasteiger partial charge in [-0.05, 0) is 52.4 Å². The molecule has 2 atom stereocenters. The standard InChI is InChI=1S/C12H17BrFN/c1-3-12(15)8(2)6-9-4-5-11(14)10(13)7-9/h4-5,7-8,12H,3,6,15H2,1-2H3. The highest BCUT2D eigenvalue weighted by Gasteiger charge is 2.11. The summed E-state index contributed by atoms with van der Waals surface area (Å²) in [5.41, 5.74) is 7.07. The van der Waals surface area contributed by atoms with Crippen molar-refractivity contribution < 1.29 is 4.39 Å². The first-order valence-electron chi connectivity index (χ1n) is 5.24. The van der Waals surface area contributed by atoms with Gasteiger partial charge in [0.25, 0.3) is 0 Å². The van der Waals surface area contributed by atoms with E-state index in [0.29, 0.717) is 10.4 Å². The Balaban J connectivity index is 2.68. The Morgan fingerprint density at radius 2 is 2.13 bits per heavy atom. The molecule has 0 aliphatic carbocycles. The van der Waals surface area contributed by atoms with E-state index in [2.05, 4.69) is 29.8 Å². The van der Waals surface area contributed by atoms with Crippen LogP contribution in [0.1, 0.15) is 25.8 Å². The molecule has 0 aromatic heterocycles. The maximum absolute atomic E-state index is 13.0. The molecule has 15 heavy (non-hydrogen) atoms. The molecule has 2 unspecified atom stereocenters. The summed E-state index contributed by atoms with van der Waals surface area (Å²) in [7, 11) is 0. The number of nitrogens with two attached hydrogens (primary N) is 1. The lowest BCUT2D eigenvalue weighted by molar-refractivity contribution is 0.442. The topological polar surface area (TPSA) is 26.0 Å². The summed E-state index contributed by atoms with van der Waals surface area (Å²) in [6.07, 6.45) is 1.87. The summed E-state index contributed by atoms with van der Waals surface area (Å²) in [4.78, 5) is 0. The summed E-state index contributed by atoms with van der Waals surface area (Å²) in [5.74, 6) is 0.207. The van der Waals surface area contributed by atoms with Crippen molar-refractivity contribution in [1.29, 1.82) is 0 Å². The van der Waals surface area contributed by atoms with Crippen LogP contribution in [-0.2, 0) is 6.42 Å². The molecule has 0 fully saturated rings. The molecule has 1 aromatic rings. The molecule has 0 bridgehead atoms. The second-order valence-corrected chi connectivity index (χ2v) is 4.86. The molecule has 3 heteroatoms. The Morgan fingerprint density at radius 3 is 2.67 bits per heavy atom. The normalized spacial score (nSPS) is 15.0. The first-order chi connectivity index (χ1) is 7.04. The third kappa shape index (κ3) is 3.58. The van der Waals surface area contributed by atoms with Crippen LogP contribution in [-0.4, -0.2) is 6.04 Å². The molecule has 84 valence electrons. The van der Waals surface area contributed by atoms with Gasteiger partial charge in [0.15, 0.2) is 0 Å². The molecular weight excluding hydrogens is 257 g/mol. The highest BCUT2D eigenvalue weighted by molar-refractivity contribution is 9.10. The van der Waals surface area contributed by atoms with E-state index in [9.17, 15) is 4.39 Å². The maximum atomic E-state index is 13.0. The van der Waals surface area contributed by atoms with E-state index in [-0.39, 0.29) is 11.9 Å². The van der Waals surface area contributed by atoms with Gasteiger partial charge in [0.05, 0.1) is 4.47 Å². The van der Waals surface area contributed by atoms with Gasteiger partial charge < -0.3 is 5.73 Å². The van der Waals surface area contributed by atoms with E-state index >= 15 is 0 Å². The van der Waals surface area contributed by atoms with Gasteiger partial charge in [-0.2, -0.15) is 0 Å². The van der Waals surface area contributed by atoms with Crippen LogP contribution in [0.4, 0.5) is 4.39 Å². The Kier molecular flexibility index (Phi) is 4.74. The van der Waals surface area contributed by atoms with Crippen LogP contribution >= 0.6 is 15.9 Å². The molecule has 0 spiro atoms. The van der Waals surface area contributed by atoms with Gasteiger partial charge in [-0.15, -0.1) is 0 Å². The van der Waals surface area contributed by atoms with E-state index in [1.807, 2.05) is 12.1 Å². The number of hydrogen-bond acceptors (Lipinski definition) is 1. The van der Waals surface area contributed by atoms with Crippen LogP contribution in [0.25, 0.3) is 0 Å². The molecule has 0 heterocycles. The smallest absolute Gasteiger partial charge is 0.137 e. The molecule has 1 aromatic carbocycles. The van der Waals surface area contributed by atoms with Crippen molar-refractivity contribution in [2.75, 3.05) is 0 Å². The quantitative estimate of drug-likeness (QED) is 0.893. The second-order valence-electron chi connectivity index (χ2n) is 4.00. The zero-order valence-corrected chi connectivity index (χ0v) is 10.7. The molecule has 0 aliphatic rings. The van der Waals surface area contributed by atoms with Crippen molar-refractivity contribution in [3.8, 4) is 0 Å². The molecule has 1 rings (SSSR count). The molecule has 2 N–H and O–H groups in total. The van der Waals surface area contributed by atoms with Gasteiger partial charge in [-0.3, -0.25) is 0 Å². The lowest BCUT2D eigenvalue weighted by atomic mass is 9.93. The van der Waals surface area contributed by atoms with Crippen LogP contribution in [0.5, 0.6) is 0 Å². The first-order valence-corrected chi connectivity index (χ1v) is 6.03. The van der Waals surface area contributed by atoms with E-state index < -0.39 is 0 Å². The van der Waals surface area contributed by atoms with Crippen LogP contribution in [0.2, 0.25) is 0 Å². The van der Waals surface area contributed by atoms with E-state index in [1.54, 1.807) is 0 Å². The van der Waals surface area contributed by atoms with Crippen LogP contribution in [0.15, 0.2) is 22.7 Å². The zero-order valence-electron chi connectivity index (χ0n) is 9.13. The largest absolute Gasteiger partial charge is 0.327 e. The van der Waals surface area contributed by atoms with Gasteiger partial charge >= 0.3 is 0 Å². The van der Waals surface area contributed by atoms with Crippen molar-refractivity contribution in [2.45, 2.75) is 32.7 Å². The average molecular weight is 274 g/mol. The molecule has 0 aliphatic heterocycles. The third-order valence-electron chi connectivity index (χ3n) is 2.74. The average Bonchev–Trinajstić information content (AvgIpc) is 2.22. The van der Waals surface area contributed by atoms with Crippen molar-refractivity contribution in [1.82, 2.24) is 0 Å². The predicted molar refractivity (Wildman–Crippen MR) is 65.2 cm³/mol. The Labute approximate surface area is 99.0 Å². The van der Waals surface area contributed by atoms with Crippen LogP contribution in [0.3, 0.4) is 0 Å². The van der Waals surface area contributed by atoms with Crippen molar-refractivity contribution >= 4 is 15.9 Å². The van der Waals surface area contributed by atoms with Gasteiger partial charge in [-0.1, -0.05) is 19.9 Å². The fourth-order valence-corrected chi connectivity index (χ4v) is 2.02. The van der Waals surface area contributed by atoms with Crippen molar-refractivity contribution in [2.24, 2.45) is 11.7 Å². The van der Waals surface area contributed by atoms with E-state index in [1.165, 1.54) is 6.07 Å². The summed E-state index contributed by atoms with van der Waals surface area (Å²) in [6, 6.07) is 5.35. The lowest BCUT2D eigenvalue weighted by Crippen LogP contribution is -2.28. The van der Waals surface area contributed by atoms with Crippen molar-refractivity contribution in [3.05, 3.63) is 34.1 Å². The van der Waals surface area contributed by atoms with Crippen LogP contribution < -0.4 is 5.73 Å². The monoisotopic (exact) mass is 273 g/mol. The summed E-state index contributed by atoms with van der Waals surface area (Å²) < 4.78 is 13.5. The van der Waals surface area contributed by atoms with Crippen LogP contribution in [0, 0.1) is 11.7 Å². The fourth-order valence-electron chi connectivity index (χ4n) is 1.59. The minimum Gasteiger partial charge on any atom is -0.327 e. The Bertz CT molecular complexity index is 327. The molecule has 0 amide bonds. The minimum absolute atomic E-state index is 0.216. The summed E-state index contributed by atoms with van der Waals surface area (Å²) >= 11 is 3.18. The van der Waals surface area contributed by atoms with Gasteiger partial charge in [0.1, 0.15) is 5.82 Å². The first kappa shape index (κ1) is 12.7. The summed E-state index contributed by atoms with van der Waals surface area (Å²) in [5, 5.41) is 0. The number of halogens is 2. The predicted octanol–water partition coefficient (Wildman–Crippen LogP) is 3.50. The molecule has 1 nitrogen and oxygen atoms in total. The molecule has 0 saturated heterocycles.